The summed E-state index contributed by atoms with van der Waals surface area (Å²) < 4.78 is 0. The molecule has 4 saturated carbocycles. The van der Waals surface area contributed by atoms with Crippen molar-refractivity contribution < 1.29 is 20.1 Å². The molecule has 34 heavy (non-hydrogen) atoms. The Kier molecular flexibility index (Phi) is 5.20. The Labute approximate surface area is 206 Å². The van der Waals surface area contributed by atoms with Crippen LogP contribution in [0.25, 0.3) is 0 Å². The highest BCUT2D eigenvalue weighted by atomic mass is 16.4. The molecule has 0 aromatic carbocycles. The first kappa shape index (κ1) is 24.8. The molecule has 4 fully saturated rings. The van der Waals surface area contributed by atoms with E-state index in [1.807, 2.05) is 6.92 Å². The highest BCUT2D eigenvalue weighted by Gasteiger charge is 2.70. The molecule has 4 nitrogen and oxygen atoms in total. The lowest BCUT2D eigenvalue weighted by molar-refractivity contribution is -0.243. The lowest BCUT2D eigenvalue weighted by Crippen LogP contribution is -2.68. The van der Waals surface area contributed by atoms with Crippen molar-refractivity contribution in [1.82, 2.24) is 0 Å². The number of rotatable bonds is 1. The van der Waals surface area contributed by atoms with E-state index in [2.05, 4.69) is 47.6 Å². The van der Waals surface area contributed by atoms with Gasteiger partial charge in [-0.15, -0.1) is 0 Å². The van der Waals surface area contributed by atoms with Gasteiger partial charge in [-0.25, -0.2) is 0 Å². The number of carboxylic acid groups (broad SMARTS) is 1. The highest BCUT2D eigenvalue weighted by Crippen LogP contribution is 2.75. The van der Waals surface area contributed by atoms with E-state index in [1.165, 1.54) is 0 Å². The van der Waals surface area contributed by atoms with Crippen molar-refractivity contribution in [2.75, 3.05) is 0 Å². The van der Waals surface area contributed by atoms with E-state index in [0.717, 1.165) is 51.4 Å². The van der Waals surface area contributed by atoms with Gasteiger partial charge >= 0.3 is 5.97 Å². The standard InChI is InChI=1S/C30H48O4/c1-25(2)20-10-11-29(6)21(30(20,7)23(32)16-22(25)31)9-8-18-19-17-27(4,24(33)34)13-12-26(19,3)14-15-28(18,29)5/h8,19-23,31-32H,9-17H2,1-7H3,(H,33,34). The minimum atomic E-state index is -0.638. The molecule has 10 unspecified atom stereocenters. The molecule has 0 bridgehead atoms. The Morgan fingerprint density at radius 2 is 1.53 bits per heavy atom. The van der Waals surface area contributed by atoms with Crippen LogP contribution in [-0.4, -0.2) is 33.5 Å². The molecule has 192 valence electrons. The zero-order valence-electron chi connectivity index (χ0n) is 22.6. The summed E-state index contributed by atoms with van der Waals surface area (Å²) in [6.07, 6.45) is 10.0. The molecular weight excluding hydrogens is 424 g/mol. The Hall–Kier alpha value is -0.870. The third-order valence-electron chi connectivity index (χ3n) is 13.4. The van der Waals surface area contributed by atoms with E-state index in [4.69, 9.17) is 0 Å². The zero-order chi connectivity index (χ0) is 25.1. The lowest BCUT2D eigenvalue weighted by atomic mass is 9.33. The van der Waals surface area contributed by atoms with E-state index >= 15 is 0 Å². The molecule has 0 amide bonds. The quantitative estimate of drug-likeness (QED) is 0.397. The van der Waals surface area contributed by atoms with Crippen LogP contribution in [0.15, 0.2) is 11.6 Å². The molecular formula is C30H48O4. The van der Waals surface area contributed by atoms with Crippen molar-refractivity contribution in [3.8, 4) is 0 Å². The van der Waals surface area contributed by atoms with Gasteiger partial charge in [-0.05, 0) is 97.7 Å². The molecule has 5 rings (SSSR count). The molecule has 3 N–H and O–H groups in total. The Morgan fingerprint density at radius 3 is 2.18 bits per heavy atom. The van der Waals surface area contributed by atoms with Crippen molar-refractivity contribution in [2.45, 2.75) is 118 Å². The van der Waals surface area contributed by atoms with Gasteiger partial charge in [0.25, 0.3) is 0 Å². The van der Waals surface area contributed by atoms with E-state index in [0.29, 0.717) is 24.2 Å². The van der Waals surface area contributed by atoms with Crippen LogP contribution in [0.2, 0.25) is 0 Å². The monoisotopic (exact) mass is 472 g/mol. The first-order valence-electron chi connectivity index (χ1n) is 13.9. The second-order valence-corrected chi connectivity index (χ2v) is 15.0. The predicted octanol–water partition coefficient (Wildman–Crippen LogP) is 6.20. The van der Waals surface area contributed by atoms with Gasteiger partial charge in [-0.1, -0.05) is 53.2 Å². The molecule has 4 heteroatoms. The van der Waals surface area contributed by atoms with Gasteiger partial charge in [0.05, 0.1) is 17.6 Å². The molecule has 0 saturated heterocycles. The van der Waals surface area contributed by atoms with Gasteiger partial charge in [0.2, 0.25) is 0 Å². The number of hydrogen-bond donors (Lipinski definition) is 3. The molecule has 0 spiro atoms. The lowest BCUT2D eigenvalue weighted by Gasteiger charge is -2.72. The summed E-state index contributed by atoms with van der Waals surface area (Å²) in [5, 5.41) is 32.5. The Morgan fingerprint density at radius 1 is 0.882 bits per heavy atom. The van der Waals surface area contributed by atoms with Gasteiger partial charge in [-0.3, -0.25) is 4.79 Å². The van der Waals surface area contributed by atoms with E-state index < -0.39 is 23.6 Å². The molecule has 0 aromatic heterocycles. The molecule has 10 atom stereocenters. The summed E-state index contributed by atoms with van der Waals surface area (Å²) in [5.74, 6) is 0.364. The highest BCUT2D eigenvalue weighted by molar-refractivity contribution is 5.74. The fourth-order valence-corrected chi connectivity index (χ4v) is 10.5. The number of carboxylic acids is 1. The van der Waals surface area contributed by atoms with Crippen molar-refractivity contribution in [2.24, 2.45) is 50.2 Å². The third-order valence-corrected chi connectivity index (χ3v) is 13.4. The average Bonchev–Trinajstić information content (AvgIpc) is 2.74. The van der Waals surface area contributed by atoms with E-state index in [-0.39, 0.29) is 27.1 Å². The van der Waals surface area contributed by atoms with Crippen LogP contribution in [0.3, 0.4) is 0 Å². The molecule has 5 aliphatic carbocycles. The second kappa shape index (κ2) is 7.12. The van der Waals surface area contributed by atoms with Gasteiger partial charge in [0.15, 0.2) is 0 Å². The molecule has 5 aliphatic rings. The number of fused-ring (bicyclic) bond motifs is 7. The van der Waals surface area contributed by atoms with E-state index in [9.17, 15) is 20.1 Å². The molecule has 0 aliphatic heterocycles. The summed E-state index contributed by atoms with van der Waals surface area (Å²) >= 11 is 0. The normalized spacial score (nSPS) is 56.3. The predicted molar refractivity (Wildman–Crippen MR) is 134 cm³/mol. The van der Waals surface area contributed by atoms with Gasteiger partial charge in [-0.2, -0.15) is 0 Å². The summed E-state index contributed by atoms with van der Waals surface area (Å²) in [5.41, 5.74) is 0.789. The van der Waals surface area contributed by atoms with Gasteiger partial charge in [0, 0.05) is 11.8 Å². The number of aliphatic hydroxyl groups is 2. The summed E-state index contributed by atoms with van der Waals surface area (Å²) in [4.78, 5) is 12.2. The van der Waals surface area contributed by atoms with Gasteiger partial charge < -0.3 is 15.3 Å². The van der Waals surface area contributed by atoms with Gasteiger partial charge in [0.1, 0.15) is 0 Å². The maximum atomic E-state index is 12.2. The topological polar surface area (TPSA) is 77.8 Å². The van der Waals surface area contributed by atoms with Crippen molar-refractivity contribution in [1.29, 1.82) is 0 Å². The van der Waals surface area contributed by atoms with Crippen LogP contribution in [0.4, 0.5) is 0 Å². The smallest absolute Gasteiger partial charge is 0.309 e. The number of carbonyl (C=O) groups is 1. The third kappa shape index (κ3) is 2.82. The van der Waals surface area contributed by atoms with Crippen molar-refractivity contribution >= 4 is 5.97 Å². The van der Waals surface area contributed by atoms with Crippen LogP contribution in [0.1, 0.15) is 106 Å². The fraction of sp³-hybridized carbons (Fsp3) is 0.900. The maximum Gasteiger partial charge on any atom is 0.309 e. The van der Waals surface area contributed by atoms with Crippen molar-refractivity contribution in [3.05, 3.63) is 11.6 Å². The number of aliphatic hydroxyl groups excluding tert-OH is 2. The largest absolute Gasteiger partial charge is 0.481 e. The maximum absolute atomic E-state index is 12.2. The number of allylic oxidation sites excluding steroid dienone is 2. The van der Waals surface area contributed by atoms with Crippen molar-refractivity contribution in [3.63, 3.8) is 0 Å². The fourth-order valence-electron chi connectivity index (χ4n) is 10.5. The van der Waals surface area contributed by atoms with Crippen LogP contribution in [0, 0.1) is 50.2 Å². The average molecular weight is 473 g/mol. The molecule has 0 radical (unpaired) electrons. The SMILES string of the molecule is CC1(C(=O)O)CCC2(C)CCC3(C)C(=CCC4C5(C)C(O)CC(O)C(C)(C)C5CCC43C)C2C1. The van der Waals surface area contributed by atoms with Crippen LogP contribution in [-0.2, 0) is 4.79 Å². The second-order valence-electron chi connectivity index (χ2n) is 15.0. The van der Waals surface area contributed by atoms with Crippen LogP contribution in [0.5, 0.6) is 0 Å². The number of hydrogen-bond acceptors (Lipinski definition) is 3. The molecule has 0 heterocycles. The summed E-state index contributed by atoms with van der Waals surface area (Å²) in [6.45, 7) is 16.1. The van der Waals surface area contributed by atoms with Crippen LogP contribution < -0.4 is 0 Å². The zero-order valence-corrected chi connectivity index (χ0v) is 22.6. The first-order chi connectivity index (χ1) is 15.6. The minimum Gasteiger partial charge on any atom is -0.481 e. The minimum absolute atomic E-state index is 0.0325. The Bertz CT molecular complexity index is 923. The summed E-state index contributed by atoms with van der Waals surface area (Å²) in [6, 6.07) is 0. The Balaban J connectivity index is 1.59. The first-order valence-corrected chi connectivity index (χ1v) is 13.9. The summed E-state index contributed by atoms with van der Waals surface area (Å²) in [7, 11) is 0. The van der Waals surface area contributed by atoms with E-state index in [1.54, 1.807) is 5.57 Å². The molecule has 0 aromatic rings. The van der Waals surface area contributed by atoms with Crippen LogP contribution >= 0.6 is 0 Å². The number of aliphatic carboxylic acids is 1.